The number of thioether (sulfide) groups is 1. The summed E-state index contributed by atoms with van der Waals surface area (Å²) in [7, 11) is -3.60. The number of ether oxygens (including phenoxy) is 1. The molecule has 2 heterocycles. The lowest BCUT2D eigenvalue weighted by atomic mass is 9.99. The van der Waals surface area contributed by atoms with Crippen LogP contribution in [-0.4, -0.2) is 60.2 Å². The molecule has 3 aromatic rings. The molecule has 0 radical (unpaired) electrons. The van der Waals surface area contributed by atoms with E-state index in [0.717, 1.165) is 17.6 Å². The monoisotopic (exact) mass is 516 g/mol. The molecule has 1 saturated heterocycles. The summed E-state index contributed by atoms with van der Waals surface area (Å²) >= 11 is 1.34. The van der Waals surface area contributed by atoms with Crippen LogP contribution in [0.2, 0.25) is 0 Å². The number of fused-ring (bicyclic) bond motifs is 1. The number of carbonyl (C=O) groups excluding carboxylic acids is 1. The van der Waals surface area contributed by atoms with Gasteiger partial charge in [0.05, 0.1) is 34.9 Å². The second-order valence-corrected chi connectivity index (χ2v) is 11.5. The number of amides is 1. The number of carbonyl (C=O) groups is 1. The number of rotatable bonds is 9. The second-order valence-electron chi connectivity index (χ2n) is 8.57. The van der Waals surface area contributed by atoms with Crippen LogP contribution in [0.15, 0.2) is 52.5 Å². The SMILES string of the molecule is CCC(C)c1ccc(NC(=O)CSc2nc3cc(S(=O)(=O)N4CCOCC4)ccc3n2CC)cc1. The van der Waals surface area contributed by atoms with Gasteiger partial charge < -0.3 is 14.6 Å². The number of benzene rings is 2. The van der Waals surface area contributed by atoms with Gasteiger partial charge in [-0.25, -0.2) is 13.4 Å². The predicted molar refractivity (Wildman–Crippen MR) is 139 cm³/mol. The quantitative estimate of drug-likeness (QED) is 0.426. The minimum atomic E-state index is -3.60. The molecule has 1 aliphatic heterocycles. The Labute approximate surface area is 211 Å². The van der Waals surface area contributed by atoms with Gasteiger partial charge in [0.25, 0.3) is 0 Å². The molecular formula is C25H32N4O4S2. The van der Waals surface area contributed by atoms with Crippen LogP contribution in [0.5, 0.6) is 0 Å². The van der Waals surface area contributed by atoms with Gasteiger partial charge in [-0.2, -0.15) is 4.31 Å². The third-order valence-corrected chi connectivity index (χ3v) is 9.19. The number of aryl methyl sites for hydroxylation is 1. The molecule has 0 saturated carbocycles. The van der Waals surface area contributed by atoms with E-state index in [1.54, 1.807) is 18.2 Å². The van der Waals surface area contributed by atoms with Gasteiger partial charge in [-0.1, -0.05) is 37.7 Å². The maximum atomic E-state index is 13.0. The van der Waals surface area contributed by atoms with E-state index in [0.29, 0.717) is 49.4 Å². The van der Waals surface area contributed by atoms with E-state index >= 15 is 0 Å². The number of sulfonamides is 1. The average Bonchev–Trinajstić information content (AvgIpc) is 3.24. The van der Waals surface area contributed by atoms with Gasteiger partial charge in [-0.15, -0.1) is 0 Å². The maximum Gasteiger partial charge on any atom is 0.243 e. The summed E-state index contributed by atoms with van der Waals surface area (Å²) in [4.78, 5) is 17.5. The highest BCUT2D eigenvalue weighted by Gasteiger charge is 2.27. The van der Waals surface area contributed by atoms with Crippen molar-refractivity contribution in [1.29, 1.82) is 0 Å². The lowest BCUT2D eigenvalue weighted by Crippen LogP contribution is -2.40. The average molecular weight is 517 g/mol. The molecule has 10 heteroatoms. The Balaban J connectivity index is 1.46. The highest BCUT2D eigenvalue weighted by atomic mass is 32.2. The van der Waals surface area contributed by atoms with Gasteiger partial charge in [-0.05, 0) is 55.2 Å². The van der Waals surface area contributed by atoms with E-state index in [1.165, 1.54) is 21.6 Å². The van der Waals surface area contributed by atoms with Gasteiger partial charge >= 0.3 is 0 Å². The summed E-state index contributed by atoms with van der Waals surface area (Å²) in [6.07, 6.45) is 1.07. The lowest BCUT2D eigenvalue weighted by Gasteiger charge is -2.26. The number of imidazole rings is 1. The number of nitrogens with one attached hydrogen (secondary N) is 1. The molecule has 8 nitrogen and oxygen atoms in total. The lowest BCUT2D eigenvalue weighted by molar-refractivity contribution is -0.113. The zero-order valence-electron chi connectivity index (χ0n) is 20.4. The van der Waals surface area contributed by atoms with Crippen molar-refractivity contribution in [3.63, 3.8) is 0 Å². The molecular weight excluding hydrogens is 484 g/mol. The Morgan fingerprint density at radius 1 is 1.14 bits per heavy atom. The maximum absolute atomic E-state index is 13.0. The van der Waals surface area contributed by atoms with Crippen LogP contribution in [0.25, 0.3) is 11.0 Å². The van der Waals surface area contributed by atoms with Crippen LogP contribution in [0, 0.1) is 0 Å². The van der Waals surface area contributed by atoms with Gasteiger partial charge in [-0.3, -0.25) is 4.79 Å². The van der Waals surface area contributed by atoms with E-state index < -0.39 is 10.0 Å². The molecule has 1 amide bonds. The first-order valence-corrected chi connectivity index (χ1v) is 14.4. The number of anilines is 1. The van der Waals surface area contributed by atoms with Gasteiger partial charge in [0.15, 0.2) is 5.16 Å². The summed E-state index contributed by atoms with van der Waals surface area (Å²) in [5.74, 6) is 0.577. The van der Waals surface area contributed by atoms with Crippen LogP contribution < -0.4 is 5.32 Å². The molecule has 35 heavy (non-hydrogen) atoms. The third-order valence-electron chi connectivity index (χ3n) is 6.32. The zero-order valence-corrected chi connectivity index (χ0v) is 22.0. The van der Waals surface area contributed by atoms with Crippen LogP contribution in [0.3, 0.4) is 0 Å². The fraction of sp³-hybridized carbons (Fsp3) is 0.440. The number of hydrogen-bond acceptors (Lipinski definition) is 6. The second kappa shape index (κ2) is 11.1. The zero-order chi connectivity index (χ0) is 25.0. The third kappa shape index (κ3) is 5.72. The van der Waals surface area contributed by atoms with Crippen molar-refractivity contribution >= 4 is 44.4 Å². The van der Waals surface area contributed by atoms with E-state index in [4.69, 9.17) is 4.74 Å². The van der Waals surface area contributed by atoms with Gasteiger partial charge in [0.1, 0.15) is 0 Å². The molecule has 188 valence electrons. The number of nitrogens with zero attached hydrogens (tertiary/aromatic N) is 3. The summed E-state index contributed by atoms with van der Waals surface area (Å²) in [5.41, 5.74) is 3.47. The van der Waals surface area contributed by atoms with E-state index in [9.17, 15) is 13.2 Å². The summed E-state index contributed by atoms with van der Waals surface area (Å²) in [6.45, 7) is 8.50. The molecule has 1 fully saturated rings. The van der Waals surface area contributed by atoms with E-state index in [2.05, 4.69) is 36.3 Å². The Bertz CT molecular complexity index is 1280. The van der Waals surface area contributed by atoms with Crippen molar-refractivity contribution < 1.29 is 17.9 Å². The van der Waals surface area contributed by atoms with Gasteiger partial charge in [0, 0.05) is 25.3 Å². The standard InChI is InChI=1S/C25H32N4O4S2/c1-4-18(3)19-6-8-20(9-7-19)26-24(30)17-34-25-27-22-16-21(10-11-23(22)29(25)5-2)35(31,32)28-12-14-33-15-13-28/h6-11,16,18H,4-5,12-15,17H2,1-3H3,(H,26,30). The first-order chi connectivity index (χ1) is 16.8. The fourth-order valence-electron chi connectivity index (χ4n) is 4.06. The highest BCUT2D eigenvalue weighted by molar-refractivity contribution is 7.99. The van der Waals surface area contributed by atoms with Crippen LogP contribution in [-0.2, 0) is 26.1 Å². The molecule has 0 aliphatic carbocycles. The molecule has 4 rings (SSSR count). The number of aromatic nitrogens is 2. The first kappa shape index (κ1) is 25.7. The number of hydrogen-bond donors (Lipinski definition) is 1. The van der Waals surface area contributed by atoms with Gasteiger partial charge in [0.2, 0.25) is 15.9 Å². The van der Waals surface area contributed by atoms with Crippen LogP contribution in [0.4, 0.5) is 5.69 Å². The number of morpholine rings is 1. The fourth-order valence-corrected chi connectivity index (χ4v) is 6.36. The normalized spacial score (nSPS) is 15.9. The summed E-state index contributed by atoms with van der Waals surface area (Å²) < 4.78 is 34.8. The van der Waals surface area contributed by atoms with Crippen LogP contribution in [0.1, 0.15) is 38.7 Å². The Morgan fingerprint density at radius 2 is 1.86 bits per heavy atom. The first-order valence-electron chi connectivity index (χ1n) is 11.9. The molecule has 0 spiro atoms. The summed E-state index contributed by atoms with van der Waals surface area (Å²) in [6, 6.07) is 13.0. The van der Waals surface area contributed by atoms with Crippen molar-refractivity contribution in [3.05, 3.63) is 48.0 Å². The van der Waals surface area contributed by atoms with Crippen molar-refractivity contribution in [1.82, 2.24) is 13.9 Å². The Morgan fingerprint density at radius 3 is 2.51 bits per heavy atom. The molecule has 1 aliphatic rings. The molecule has 0 bridgehead atoms. The molecule has 1 N–H and O–H groups in total. The largest absolute Gasteiger partial charge is 0.379 e. The van der Waals surface area contributed by atoms with Crippen molar-refractivity contribution in [2.75, 3.05) is 37.4 Å². The minimum Gasteiger partial charge on any atom is -0.379 e. The minimum absolute atomic E-state index is 0.114. The molecule has 1 atom stereocenters. The topological polar surface area (TPSA) is 93.5 Å². The van der Waals surface area contributed by atoms with Crippen molar-refractivity contribution in [3.8, 4) is 0 Å². The molecule has 1 aromatic heterocycles. The smallest absolute Gasteiger partial charge is 0.243 e. The van der Waals surface area contributed by atoms with E-state index in [1.807, 2.05) is 23.6 Å². The van der Waals surface area contributed by atoms with Crippen molar-refractivity contribution in [2.24, 2.45) is 0 Å². The van der Waals surface area contributed by atoms with Crippen molar-refractivity contribution in [2.45, 2.75) is 49.7 Å². The Kier molecular flexibility index (Phi) is 8.16. The summed E-state index contributed by atoms with van der Waals surface area (Å²) in [5, 5.41) is 3.63. The molecule has 2 aromatic carbocycles. The Hall–Kier alpha value is -2.40. The highest BCUT2D eigenvalue weighted by Crippen LogP contribution is 2.28. The molecule has 1 unspecified atom stereocenters. The predicted octanol–water partition coefficient (Wildman–Crippen LogP) is 4.32. The van der Waals surface area contributed by atoms with E-state index in [-0.39, 0.29) is 16.6 Å². The van der Waals surface area contributed by atoms with Crippen LogP contribution >= 0.6 is 11.8 Å².